The number of hydrogen-bond acceptors (Lipinski definition) is 3. The molecule has 3 heteroatoms. The number of hydrogen-bond donors (Lipinski definition) is 1. The minimum atomic E-state index is 0.757. The van der Waals surface area contributed by atoms with Crippen molar-refractivity contribution in [3.63, 3.8) is 0 Å². The van der Waals surface area contributed by atoms with E-state index in [4.69, 9.17) is 0 Å². The van der Waals surface area contributed by atoms with Crippen molar-refractivity contribution in [3.05, 3.63) is 24.0 Å². The molecular formula is C11H18N2S. The molecule has 1 rings (SSSR count). The summed E-state index contributed by atoms with van der Waals surface area (Å²) in [5, 5.41) is 3.12. The van der Waals surface area contributed by atoms with Crippen LogP contribution in [0.1, 0.15) is 19.5 Å². The van der Waals surface area contributed by atoms with Gasteiger partial charge in [-0.3, -0.25) is 4.98 Å². The van der Waals surface area contributed by atoms with Crippen LogP contribution in [-0.2, 0) is 5.75 Å². The minimum Gasteiger partial charge on any atom is -0.388 e. The van der Waals surface area contributed by atoms with E-state index in [2.05, 4.69) is 30.2 Å². The van der Waals surface area contributed by atoms with Crippen LogP contribution in [0.3, 0.4) is 0 Å². The molecule has 1 aromatic heterocycles. The highest BCUT2D eigenvalue weighted by atomic mass is 32.2. The predicted molar refractivity (Wildman–Crippen MR) is 64.8 cm³/mol. The summed E-state index contributed by atoms with van der Waals surface area (Å²) in [5.74, 6) is 2.96. The molecule has 1 heterocycles. The quantitative estimate of drug-likeness (QED) is 0.808. The molecule has 0 saturated carbocycles. The van der Waals surface area contributed by atoms with Crippen LogP contribution in [0, 0.1) is 5.92 Å². The molecule has 0 atom stereocenters. The molecule has 0 aromatic carbocycles. The average Bonchev–Trinajstić information content (AvgIpc) is 2.18. The van der Waals surface area contributed by atoms with Gasteiger partial charge in [-0.05, 0) is 23.8 Å². The Morgan fingerprint density at radius 3 is 2.93 bits per heavy atom. The van der Waals surface area contributed by atoms with Gasteiger partial charge in [0.15, 0.2) is 0 Å². The lowest BCUT2D eigenvalue weighted by Crippen LogP contribution is -1.95. The van der Waals surface area contributed by atoms with Crippen LogP contribution in [-0.4, -0.2) is 17.8 Å². The Hall–Kier alpha value is -0.700. The van der Waals surface area contributed by atoms with Crippen molar-refractivity contribution in [2.24, 2.45) is 5.92 Å². The van der Waals surface area contributed by atoms with E-state index >= 15 is 0 Å². The first-order valence-corrected chi connectivity index (χ1v) is 6.08. The second-order valence-electron chi connectivity index (χ2n) is 3.69. The zero-order chi connectivity index (χ0) is 10.4. The van der Waals surface area contributed by atoms with E-state index in [1.54, 1.807) is 0 Å². The number of aromatic nitrogens is 1. The summed E-state index contributed by atoms with van der Waals surface area (Å²) in [4.78, 5) is 4.32. The van der Waals surface area contributed by atoms with E-state index in [1.165, 1.54) is 5.75 Å². The summed E-state index contributed by atoms with van der Waals surface area (Å²) in [5.41, 5.74) is 2.29. The third-order valence-corrected chi connectivity index (χ3v) is 3.21. The Kier molecular flexibility index (Phi) is 4.80. The number of anilines is 1. The lowest BCUT2D eigenvalue weighted by atomic mass is 10.3. The molecule has 2 nitrogen and oxygen atoms in total. The van der Waals surface area contributed by atoms with Gasteiger partial charge in [-0.1, -0.05) is 13.8 Å². The summed E-state index contributed by atoms with van der Waals surface area (Å²) < 4.78 is 0. The SMILES string of the molecule is CNc1ccnc(CSCC(C)C)c1. The van der Waals surface area contributed by atoms with Crippen molar-refractivity contribution in [1.82, 2.24) is 4.98 Å². The fraction of sp³-hybridized carbons (Fsp3) is 0.545. The molecule has 0 saturated heterocycles. The Balaban J connectivity index is 2.42. The molecular weight excluding hydrogens is 192 g/mol. The molecule has 1 aromatic rings. The molecule has 1 N–H and O–H groups in total. The molecule has 0 radical (unpaired) electrons. The number of thioether (sulfide) groups is 1. The van der Waals surface area contributed by atoms with E-state index in [1.807, 2.05) is 31.1 Å². The smallest absolute Gasteiger partial charge is 0.0523 e. The largest absolute Gasteiger partial charge is 0.388 e. The monoisotopic (exact) mass is 210 g/mol. The number of nitrogens with one attached hydrogen (secondary N) is 1. The molecule has 0 spiro atoms. The molecule has 0 aliphatic carbocycles. The fourth-order valence-corrected chi connectivity index (χ4v) is 2.07. The van der Waals surface area contributed by atoms with Crippen LogP contribution in [0.5, 0.6) is 0 Å². The summed E-state index contributed by atoms with van der Waals surface area (Å²) >= 11 is 1.94. The van der Waals surface area contributed by atoms with Gasteiger partial charge < -0.3 is 5.32 Å². The minimum absolute atomic E-state index is 0.757. The molecule has 78 valence electrons. The lowest BCUT2D eigenvalue weighted by Gasteiger charge is -2.05. The van der Waals surface area contributed by atoms with Crippen LogP contribution in [0.4, 0.5) is 5.69 Å². The highest BCUT2D eigenvalue weighted by Gasteiger charge is 1.98. The molecule has 0 aliphatic rings. The fourth-order valence-electron chi connectivity index (χ4n) is 1.11. The Labute approximate surface area is 90.5 Å². The van der Waals surface area contributed by atoms with Gasteiger partial charge in [-0.2, -0.15) is 11.8 Å². The van der Waals surface area contributed by atoms with Crippen molar-refractivity contribution in [2.75, 3.05) is 18.1 Å². The maximum absolute atomic E-state index is 4.32. The summed E-state index contributed by atoms with van der Waals surface area (Å²) in [6.07, 6.45) is 1.86. The molecule has 14 heavy (non-hydrogen) atoms. The van der Waals surface area contributed by atoms with Gasteiger partial charge in [-0.25, -0.2) is 0 Å². The Morgan fingerprint density at radius 2 is 2.29 bits per heavy atom. The molecule has 0 fully saturated rings. The van der Waals surface area contributed by atoms with Crippen LogP contribution >= 0.6 is 11.8 Å². The maximum atomic E-state index is 4.32. The van der Waals surface area contributed by atoms with E-state index in [0.717, 1.165) is 23.1 Å². The standard InChI is InChI=1S/C11H18N2S/c1-9(2)7-14-8-11-6-10(12-3)4-5-13-11/h4-6,9H,7-8H2,1-3H3,(H,12,13). The number of rotatable bonds is 5. The number of pyridine rings is 1. The van der Waals surface area contributed by atoms with Crippen molar-refractivity contribution in [2.45, 2.75) is 19.6 Å². The summed E-state index contributed by atoms with van der Waals surface area (Å²) in [7, 11) is 1.93. The normalized spacial score (nSPS) is 10.6. The number of nitrogens with zero attached hydrogens (tertiary/aromatic N) is 1. The maximum Gasteiger partial charge on any atom is 0.0523 e. The van der Waals surface area contributed by atoms with E-state index in [0.29, 0.717) is 0 Å². The van der Waals surface area contributed by atoms with Crippen LogP contribution in [0.25, 0.3) is 0 Å². The Morgan fingerprint density at radius 1 is 1.50 bits per heavy atom. The second kappa shape index (κ2) is 5.91. The van der Waals surface area contributed by atoms with Gasteiger partial charge >= 0.3 is 0 Å². The predicted octanol–water partition coefficient (Wildman–Crippen LogP) is 3.01. The average molecular weight is 210 g/mol. The third kappa shape index (κ3) is 4.01. The highest BCUT2D eigenvalue weighted by Crippen LogP contribution is 2.15. The molecule has 0 aliphatic heterocycles. The van der Waals surface area contributed by atoms with Crippen molar-refractivity contribution < 1.29 is 0 Å². The van der Waals surface area contributed by atoms with Gasteiger partial charge in [0.2, 0.25) is 0 Å². The van der Waals surface area contributed by atoms with Crippen molar-refractivity contribution in [1.29, 1.82) is 0 Å². The van der Waals surface area contributed by atoms with Gasteiger partial charge in [0.1, 0.15) is 0 Å². The third-order valence-electron chi connectivity index (χ3n) is 1.81. The zero-order valence-corrected chi connectivity index (χ0v) is 9.90. The first-order valence-electron chi connectivity index (χ1n) is 4.93. The molecule has 0 unspecified atom stereocenters. The molecule has 0 bridgehead atoms. The van der Waals surface area contributed by atoms with E-state index in [-0.39, 0.29) is 0 Å². The van der Waals surface area contributed by atoms with Crippen LogP contribution in [0.15, 0.2) is 18.3 Å². The van der Waals surface area contributed by atoms with E-state index < -0.39 is 0 Å². The first kappa shape index (κ1) is 11.4. The zero-order valence-electron chi connectivity index (χ0n) is 9.08. The Bertz CT molecular complexity index is 274. The van der Waals surface area contributed by atoms with Crippen LogP contribution < -0.4 is 5.32 Å². The highest BCUT2D eigenvalue weighted by molar-refractivity contribution is 7.98. The van der Waals surface area contributed by atoms with Gasteiger partial charge in [0.05, 0.1) is 5.69 Å². The van der Waals surface area contributed by atoms with Gasteiger partial charge in [0.25, 0.3) is 0 Å². The van der Waals surface area contributed by atoms with Crippen LogP contribution in [0.2, 0.25) is 0 Å². The lowest BCUT2D eigenvalue weighted by molar-refractivity contribution is 0.750. The first-order chi connectivity index (χ1) is 6.72. The van der Waals surface area contributed by atoms with Gasteiger partial charge in [0, 0.05) is 24.7 Å². The topological polar surface area (TPSA) is 24.9 Å². The van der Waals surface area contributed by atoms with Crippen molar-refractivity contribution in [3.8, 4) is 0 Å². The van der Waals surface area contributed by atoms with Crippen molar-refractivity contribution >= 4 is 17.4 Å². The molecule has 0 amide bonds. The van der Waals surface area contributed by atoms with Gasteiger partial charge in [-0.15, -0.1) is 0 Å². The van der Waals surface area contributed by atoms with E-state index in [9.17, 15) is 0 Å². The summed E-state index contributed by atoms with van der Waals surface area (Å²) in [6.45, 7) is 4.48. The second-order valence-corrected chi connectivity index (χ2v) is 4.73. The summed E-state index contributed by atoms with van der Waals surface area (Å²) in [6, 6.07) is 4.09.